The molecule has 1 saturated heterocycles. The third-order valence-electron chi connectivity index (χ3n) is 2.64. The van der Waals surface area contributed by atoms with Crippen molar-refractivity contribution in [1.29, 1.82) is 0 Å². The van der Waals surface area contributed by atoms with E-state index in [1.54, 1.807) is 0 Å². The minimum absolute atomic E-state index is 0.0156. The molecule has 0 saturated carbocycles. The number of hydrogen-bond acceptors (Lipinski definition) is 2. The molecule has 1 heterocycles. The maximum Gasteiger partial charge on any atom is 0.0666 e. The summed E-state index contributed by atoms with van der Waals surface area (Å²) in [5.74, 6) is 0. The average Bonchev–Trinajstić information content (AvgIpc) is 1.82. The highest BCUT2D eigenvalue weighted by Gasteiger charge is 2.42. The molecular formula is C9H19NO. The van der Waals surface area contributed by atoms with Gasteiger partial charge in [0.15, 0.2) is 0 Å². The van der Waals surface area contributed by atoms with E-state index in [-0.39, 0.29) is 16.9 Å². The first-order valence-electron chi connectivity index (χ1n) is 4.25. The minimum Gasteiger partial charge on any atom is -0.392 e. The Labute approximate surface area is 69.0 Å². The van der Waals surface area contributed by atoms with Crippen LogP contribution in [0.25, 0.3) is 0 Å². The Kier molecular flexibility index (Phi) is 2.01. The smallest absolute Gasteiger partial charge is 0.0666 e. The number of aliphatic hydroxyl groups excluding tert-OH is 1. The van der Waals surface area contributed by atoms with Gasteiger partial charge in [-0.2, -0.15) is 0 Å². The quantitative estimate of drug-likeness (QED) is 0.550. The summed E-state index contributed by atoms with van der Waals surface area (Å²) in [5.41, 5.74) is 0.0312. The Morgan fingerprint density at radius 3 is 1.73 bits per heavy atom. The Bertz CT molecular complexity index is 136. The Morgan fingerprint density at radius 1 is 1.09 bits per heavy atom. The van der Waals surface area contributed by atoms with Gasteiger partial charge in [0.05, 0.1) is 6.10 Å². The molecule has 0 unspecified atom stereocenters. The standard InChI is InChI=1S/C9H19NO/c1-8(2)5-10-6-9(3,4)7(8)11/h7,10-11H,5-6H2,1-4H3. The summed E-state index contributed by atoms with van der Waals surface area (Å²) < 4.78 is 0. The number of piperidine rings is 1. The van der Waals surface area contributed by atoms with Gasteiger partial charge in [-0.15, -0.1) is 0 Å². The van der Waals surface area contributed by atoms with Crippen LogP contribution in [0.3, 0.4) is 0 Å². The maximum atomic E-state index is 9.92. The second-order valence-corrected chi connectivity index (χ2v) is 4.98. The van der Waals surface area contributed by atoms with Gasteiger partial charge in [0.1, 0.15) is 0 Å². The van der Waals surface area contributed by atoms with E-state index in [1.165, 1.54) is 0 Å². The van der Waals surface area contributed by atoms with E-state index >= 15 is 0 Å². The number of nitrogens with one attached hydrogen (secondary N) is 1. The zero-order valence-corrected chi connectivity index (χ0v) is 7.94. The fraction of sp³-hybridized carbons (Fsp3) is 1.00. The number of rotatable bonds is 0. The highest BCUT2D eigenvalue weighted by atomic mass is 16.3. The molecule has 0 aromatic heterocycles. The fourth-order valence-corrected chi connectivity index (χ4v) is 1.96. The van der Waals surface area contributed by atoms with Gasteiger partial charge in [-0.1, -0.05) is 27.7 Å². The predicted molar refractivity (Wildman–Crippen MR) is 46.4 cm³/mol. The van der Waals surface area contributed by atoms with Gasteiger partial charge in [0.2, 0.25) is 0 Å². The molecule has 0 spiro atoms. The van der Waals surface area contributed by atoms with Crippen LogP contribution in [0.4, 0.5) is 0 Å². The van der Waals surface area contributed by atoms with Crippen molar-refractivity contribution in [2.24, 2.45) is 10.8 Å². The third kappa shape index (κ3) is 1.57. The van der Waals surface area contributed by atoms with Gasteiger partial charge in [-0.3, -0.25) is 0 Å². The zero-order chi connectivity index (χ0) is 8.70. The minimum atomic E-state index is -0.198. The summed E-state index contributed by atoms with van der Waals surface area (Å²) >= 11 is 0. The molecule has 2 heteroatoms. The third-order valence-corrected chi connectivity index (χ3v) is 2.64. The van der Waals surface area contributed by atoms with Gasteiger partial charge in [-0.05, 0) is 0 Å². The summed E-state index contributed by atoms with van der Waals surface area (Å²) in [7, 11) is 0. The zero-order valence-electron chi connectivity index (χ0n) is 7.94. The van der Waals surface area contributed by atoms with Crippen molar-refractivity contribution in [2.75, 3.05) is 13.1 Å². The molecule has 0 aromatic rings. The van der Waals surface area contributed by atoms with Gasteiger partial charge < -0.3 is 10.4 Å². The van der Waals surface area contributed by atoms with E-state index in [0.717, 1.165) is 13.1 Å². The molecule has 0 aliphatic carbocycles. The van der Waals surface area contributed by atoms with Crippen LogP contribution in [0, 0.1) is 10.8 Å². The van der Waals surface area contributed by atoms with Crippen LogP contribution in [0.5, 0.6) is 0 Å². The number of aliphatic hydroxyl groups is 1. The SMILES string of the molecule is CC1(C)CNCC(C)(C)C1O. The molecule has 11 heavy (non-hydrogen) atoms. The van der Waals surface area contributed by atoms with Crippen LogP contribution in [0.15, 0.2) is 0 Å². The van der Waals surface area contributed by atoms with E-state index in [1.807, 2.05) is 0 Å². The van der Waals surface area contributed by atoms with Crippen LogP contribution >= 0.6 is 0 Å². The summed E-state index contributed by atoms with van der Waals surface area (Å²) in [6.07, 6.45) is -0.198. The molecule has 1 fully saturated rings. The van der Waals surface area contributed by atoms with Crippen molar-refractivity contribution in [3.05, 3.63) is 0 Å². The van der Waals surface area contributed by atoms with E-state index in [9.17, 15) is 5.11 Å². The molecule has 0 aromatic carbocycles. The molecule has 1 rings (SSSR count). The topological polar surface area (TPSA) is 32.3 Å². The van der Waals surface area contributed by atoms with Gasteiger partial charge in [-0.25, -0.2) is 0 Å². The summed E-state index contributed by atoms with van der Waals surface area (Å²) in [4.78, 5) is 0. The molecule has 1 aliphatic rings. The first-order valence-corrected chi connectivity index (χ1v) is 4.25. The van der Waals surface area contributed by atoms with E-state index in [2.05, 4.69) is 33.0 Å². The molecule has 0 radical (unpaired) electrons. The van der Waals surface area contributed by atoms with Gasteiger partial charge in [0.25, 0.3) is 0 Å². The second kappa shape index (κ2) is 2.46. The Hall–Kier alpha value is -0.0800. The number of hydrogen-bond donors (Lipinski definition) is 2. The Balaban J connectivity index is 2.76. The lowest BCUT2D eigenvalue weighted by Gasteiger charge is -2.46. The van der Waals surface area contributed by atoms with Crippen molar-refractivity contribution in [2.45, 2.75) is 33.8 Å². The molecule has 0 amide bonds. The molecule has 2 N–H and O–H groups in total. The first kappa shape index (κ1) is 9.01. The van der Waals surface area contributed by atoms with Crippen LogP contribution in [0.1, 0.15) is 27.7 Å². The lowest BCUT2D eigenvalue weighted by molar-refractivity contribution is -0.0631. The molecular weight excluding hydrogens is 138 g/mol. The van der Waals surface area contributed by atoms with Gasteiger partial charge >= 0.3 is 0 Å². The van der Waals surface area contributed by atoms with Crippen LogP contribution < -0.4 is 5.32 Å². The van der Waals surface area contributed by atoms with E-state index < -0.39 is 0 Å². The summed E-state index contributed by atoms with van der Waals surface area (Å²) in [6.45, 7) is 10.2. The van der Waals surface area contributed by atoms with Crippen LogP contribution in [-0.4, -0.2) is 24.3 Å². The summed E-state index contributed by atoms with van der Waals surface area (Å²) in [6, 6.07) is 0. The van der Waals surface area contributed by atoms with Crippen molar-refractivity contribution >= 4 is 0 Å². The summed E-state index contributed by atoms with van der Waals surface area (Å²) in [5, 5.41) is 13.3. The second-order valence-electron chi connectivity index (χ2n) is 4.98. The van der Waals surface area contributed by atoms with Gasteiger partial charge in [0, 0.05) is 23.9 Å². The molecule has 0 atom stereocenters. The fourth-order valence-electron chi connectivity index (χ4n) is 1.96. The maximum absolute atomic E-state index is 9.92. The van der Waals surface area contributed by atoms with Crippen molar-refractivity contribution in [3.8, 4) is 0 Å². The largest absolute Gasteiger partial charge is 0.392 e. The Morgan fingerprint density at radius 2 is 1.45 bits per heavy atom. The first-order chi connectivity index (χ1) is 4.86. The average molecular weight is 157 g/mol. The van der Waals surface area contributed by atoms with Crippen molar-refractivity contribution < 1.29 is 5.11 Å². The molecule has 1 aliphatic heterocycles. The monoisotopic (exact) mass is 157 g/mol. The van der Waals surface area contributed by atoms with Crippen LogP contribution in [0.2, 0.25) is 0 Å². The molecule has 0 bridgehead atoms. The normalized spacial score (nSPS) is 30.3. The molecule has 66 valence electrons. The predicted octanol–water partition coefficient (Wildman–Crippen LogP) is 1.00. The van der Waals surface area contributed by atoms with Crippen molar-refractivity contribution in [3.63, 3.8) is 0 Å². The van der Waals surface area contributed by atoms with Crippen LogP contribution in [-0.2, 0) is 0 Å². The van der Waals surface area contributed by atoms with E-state index in [0.29, 0.717) is 0 Å². The lowest BCUT2D eigenvalue weighted by atomic mass is 9.69. The highest BCUT2D eigenvalue weighted by Crippen LogP contribution is 2.36. The lowest BCUT2D eigenvalue weighted by Crippen LogP contribution is -2.56. The highest BCUT2D eigenvalue weighted by molar-refractivity contribution is 4.95. The molecule has 2 nitrogen and oxygen atoms in total. The van der Waals surface area contributed by atoms with Crippen molar-refractivity contribution in [1.82, 2.24) is 5.32 Å². The van der Waals surface area contributed by atoms with E-state index in [4.69, 9.17) is 0 Å².